The molecule has 1 heterocycles. The van der Waals surface area contributed by atoms with E-state index in [0.29, 0.717) is 6.04 Å². The maximum Gasteiger partial charge on any atom is 0.0948 e. The highest BCUT2D eigenvalue weighted by Gasteiger charge is 2.17. The quantitative estimate of drug-likeness (QED) is 0.788. The van der Waals surface area contributed by atoms with Crippen molar-refractivity contribution in [3.63, 3.8) is 0 Å². The lowest BCUT2D eigenvalue weighted by Gasteiger charge is -2.23. The van der Waals surface area contributed by atoms with Crippen molar-refractivity contribution < 1.29 is 5.11 Å². The zero-order chi connectivity index (χ0) is 10.6. The largest absolute Gasteiger partial charge is 0.387 e. The highest BCUT2D eigenvalue weighted by Crippen LogP contribution is 2.19. The number of aliphatic hydroxyl groups excluding tert-OH is 1. The summed E-state index contributed by atoms with van der Waals surface area (Å²) in [4.78, 5) is 0. The highest BCUT2D eigenvalue weighted by atomic mass is 32.1. The molecular weight excluding hydrogens is 194 g/mol. The Bertz CT molecular complexity index is 248. The van der Waals surface area contributed by atoms with Crippen molar-refractivity contribution in [3.05, 3.63) is 22.4 Å². The third-order valence-corrected chi connectivity index (χ3v) is 3.22. The molecule has 1 rings (SSSR count). The molecule has 0 saturated heterocycles. The average molecular weight is 213 g/mol. The van der Waals surface area contributed by atoms with Gasteiger partial charge in [0.25, 0.3) is 0 Å². The molecule has 0 saturated carbocycles. The Morgan fingerprint density at radius 2 is 2.21 bits per heavy atom. The predicted molar refractivity (Wildman–Crippen MR) is 61.6 cm³/mol. The van der Waals surface area contributed by atoms with Gasteiger partial charge in [0, 0.05) is 12.1 Å². The molecule has 0 radical (unpaired) electrons. The van der Waals surface area contributed by atoms with E-state index in [1.165, 1.54) is 0 Å². The van der Waals surface area contributed by atoms with Crippen LogP contribution < -0.4 is 5.32 Å². The van der Waals surface area contributed by atoms with E-state index in [-0.39, 0.29) is 6.04 Å². The molecule has 3 heteroatoms. The normalized spacial score (nSPS) is 17.7. The molecule has 80 valence electrons. The van der Waals surface area contributed by atoms with Crippen molar-refractivity contribution in [2.24, 2.45) is 0 Å². The molecule has 14 heavy (non-hydrogen) atoms. The first-order chi connectivity index (χ1) is 6.65. The first kappa shape index (κ1) is 11.7. The van der Waals surface area contributed by atoms with E-state index in [9.17, 15) is 5.11 Å². The van der Waals surface area contributed by atoms with Gasteiger partial charge in [-0.3, -0.25) is 0 Å². The number of thiophene rings is 1. The molecule has 0 aliphatic heterocycles. The molecule has 0 aliphatic carbocycles. The Balaban J connectivity index is 2.48. The molecule has 2 N–H and O–H groups in total. The number of hydrogen-bond donors (Lipinski definition) is 2. The Labute approximate surface area is 90.0 Å². The Morgan fingerprint density at radius 1 is 1.50 bits per heavy atom. The van der Waals surface area contributed by atoms with Gasteiger partial charge in [-0.25, -0.2) is 0 Å². The summed E-state index contributed by atoms with van der Waals surface area (Å²) in [6.45, 7) is 6.30. The molecule has 1 aromatic rings. The van der Waals surface area contributed by atoms with Crippen molar-refractivity contribution >= 4 is 11.3 Å². The molecule has 3 atom stereocenters. The second-order valence-electron chi connectivity index (χ2n) is 3.77. The van der Waals surface area contributed by atoms with Gasteiger partial charge in [0.2, 0.25) is 0 Å². The van der Waals surface area contributed by atoms with Gasteiger partial charge in [0.1, 0.15) is 0 Å². The smallest absolute Gasteiger partial charge is 0.0948 e. The van der Waals surface area contributed by atoms with Crippen molar-refractivity contribution in [2.75, 3.05) is 0 Å². The molecule has 1 aromatic heterocycles. The van der Waals surface area contributed by atoms with Crippen LogP contribution in [0.25, 0.3) is 0 Å². The van der Waals surface area contributed by atoms with Crippen LogP contribution in [0.5, 0.6) is 0 Å². The topological polar surface area (TPSA) is 32.3 Å². The summed E-state index contributed by atoms with van der Waals surface area (Å²) in [6, 6.07) is 2.54. The Kier molecular flexibility index (Phi) is 4.58. The fourth-order valence-corrected chi connectivity index (χ4v) is 2.08. The molecule has 0 aliphatic rings. The van der Waals surface area contributed by atoms with Crippen LogP contribution in [0.4, 0.5) is 0 Å². The monoisotopic (exact) mass is 213 g/mol. The number of nitrogens with one attached hydrogen (secondary N) is 1. The van der Waals surface area contributed by atoms with E-state index >= 15 is 0 Å². The summed E-state index contributed by atoms with van der Waals surface area (Å²) in [5.41, 5.74) is 1.01. The van der Waals surface area contributed by atoms with Gasteiger partial charge >= 0.3 is 0 Å². The van der Waals surface area contributed by atoms with Gasteiger partial charge in [-0.15, -0.1) is 0 Å². The molecule has 0 bridgehead atoms. The Morgan fingerprint density at radius 3 is 2.71 bits per heavy atom. The van der Waals surface area contributed by atoms with Crippen LogP contribution in [0.2, 0.25) is 0 Å². The highest BCUT2D eigenvalue weighted by molar-refractivity contribution is 7.07. The third-order valence-electron chi connectivity index (χ3n) is 2.52. The fraction of sp³-hybridized carbons (Fsp3) is 0.636. The van der Waals surface area contributed by atoms with Gasteiger partial charge in [0.15, 0.2) is 0 Å². The summed E-state index contributed by atoms with van der Waals surface area (Å²) >= 11 is 1.62. The zero-order valence-electron chi connectivity index (χ0n) is 9.03. The van der Waals surface area contributed by atoms with Crippen molar-refractivity contribution in [3.8, 4) is 0 Å². The maximum absolute atomic E-state index is 9.97. The second-order valence-corrected chi connectivity index (χ2v) is 4.55. The summed E-state index contributed by atoms with van der Waals surface area (Å²) in [5, 5.41) is 17.3. The van der Waals surface area contributed by atoms with Crippen LogP contribution in [0.1, 0.15) is 38.9 Å². The van der Waals surface area contributed by atoms with E-state index in [4.69, 9.17) is 0 Å². The van der Waals surface area contributed by atoms with Gasteiger partial charge in [-0.1, -0.05) is 6.92 Å². The summed E-state index contributed by atoms with van der Waals surface area (Å²) in [6.07, 6.45) is 0.691. The number of aliphatic hydroxyl groups is 1. The molecule has 0 spiro atoms. The zero-order valence-corrected chi connectivity index (χ0v) is 9.84. The maximum atomic E-state index is 9.97. The predicted octanol–water partition coefficient (Wildman–Crippen LogP) is 2.56. The van der Waals surface area contributed by atoms with Crippen molar-refractivity contribution in [2.45, 2.75) is 45.4 Å². The molecule has 0 fully saturated rings. The van der Waals surface area contributed by atoms with Crippen molar-refractivity contribution in [1.82, 2.24) is 5.32 Å². The van der Waals surface area contributed by atoms with Crippen LogP contribution >= 0.6 is 11.3 Å². The minimum atomic E-state index is -0.393. The van der Waals surface area contributed by atoms with Gasteiger partial charge in [0.05, 0.1) is 6.10 Å². The molecule has 2 nitrogen and oxygen atoms in total. The third kappa shape index (κ3) is 3.08. The first-order valence-electron chi connectivity index (χ1n) is 5.11. The van der Waals surface area contributed by atoms with E-state index in [1.54, 1.807) is 11.3 Å². The summed E-state index contributed by atoms with van der Waals surface area (Å²) < 4.78 is 0. The minimum absolute atomic E-state index is 0.111. The molecule has 0 amide bonds. The lowest BCUT2D eigenvalue weighted by atomic mass is 10.1. The first-order valence-corrected chi connectivity index (χ1v) is 6.05. The average Bonchev–Trinajstić information content (AvgIpc) is 2.69. The van der Waals surface area contributed by atoms with Crippen LogP contribution in [0, 0.1) is 0 Å². The molecule has 3 unspecified atom stereocenters. The van der Waals surface area contributed by atoms with Gasteiger partial charge < -0.3 is 10.4 Å². The minimum Gasteiger partial charge on any atom is -0.387 e. The van der Waals surface area contributed by atoms with E-state index in [2.05, 4.69) is 19.2 Å². The standard InChI is InChI=1S/C11H19NOS/c1-4-8(2)12-9(3)11(13)10-5-6-14-7-10/h5-9,11-13H,4H2,1-3H3. The summed E-state index contributed by atoms with van der Waals surface area (Å²) in [7, 11) is 0. The number of rotatable bonds is 5. The fourth-order valence-electron chi connectivity index (χ4n) is 1.39. The van der Waals surface area contributed by atoms with Crippen molar-refractivity contribution in [1.29, 1.82) is 0 Å². The molecule has 0 aromatic carbocycles. The van der Waals surface area contributed by atoms with E-state index in [0.717, 1.165) is 12.0 Å². The number of hydrogen-bond acceptors (Lipinski definition) is 3. The SMILES string of the molecule is CCC(C)NC(C)C(O)c1ccsc1. The molecular formula is C11H19NOS. The van der Waals surface area contributed by atoms with E-state index in [1.807, 2.05) is 23.8 Å². The second kappa shape index (κ2) is 5.49. The van der Waals surface area contributed by atoms with Gasteiger partial charge in [-0.05, 0) is 42.7 Å². The van der Waals surface area contributed by atoms with E-state index < -0.39 is 6.10 Å². The van der Waals surface area contributed by atoms with Crippen LogP contribution in [-0.2, 0) is 0 Å². The van der Waals surface area contributed by atoms with Gasteiger partial charge in [-0.2, -0.15) is 11.3 Å². The summed E-state index contributed by atoms with van der Waals surface area (Å²) in [5.74, 6) is 0. The van der Waals surface area contributed by atoms with Crippen LogP contribution in [-0.4, -0.2) is 17.2 Å². The van der Waals surface area contributed by atoms with Crippen LogP contribution in [0.15, 0.2) is 16.8 Å². The Hall–Kier alpha value is -0.380. The lowest BCUT2D eigenvalue weighted by Crippen LogP contribution is -2.38. The van der Waals surface area contributed by atoms with Crippen LogP contribution in [0.3, 0.4) is 0 Å². The lowest BCUT2D eigenvalue weighted by molar-refractivity contribution is 0.130.